The van der Waals surface area contributed by atoms with Crippen LogP contribution in [0.1, 0.15) is 18.1 Å². The van der Waals surface area contributed by atoms with Crippen molar-refractivity contribution in [2.45, 2.75) is 19.1 Å². The number of nitrogens with one attached hydrogen (secondary N) is 1. The fourth-order valence-corrected chi connectivity index (χ4v) is 4.88. The normalized spacial score (nSPS) is 16.3. The van der Waals surface area contributed by atoms with Crippen LogP contribution in [0.2, 0.25) is 0 Å². The molecule has 2 aromatic carbocycles. The molecule has 4 aromatic rings. The fraction of sp³-hybridized carbons (Fsp3) is 0.385. The van der Waals surface area contributed by atoms with Crippen molar-refractivity contribution < 1.29 is 9.84 Å². The number of H-pyrrole nitrogens is 1. The number of hydrogen-bond acceptors (Lipinski definition) is 6. The first-order valence-corrected chi connectivity index (χ1v) is 11.9. The number of ether oxygens (including phenoxy) is 1. The van der Waals surface area contributed by atoms with Crippen LogP contribution in [-0.2, 0) is 6.54 Å². The molecule has 1 atom stereocenters. The van der Waals surface area contributed by atoms with Gasteiger partial charge in [-0.15, -0.1) is 0 Å². The largest absolute Gasteiger partial charge is 0.497 e. The first-order chi connectivity index (χ1) is 16.6. The summed E-state index contributed by atoms with van der Waals surface area (Å²) in [5.41, 5.74) is 3.56. The SMILES string of the molecule is COc1ccc2nccc([C@H](O)CN3CCN(CCCn4c(=O)[nH]c5ccccc54)CC3)c2c1. The lowest BCUT2D eigenvalue weighted by Crippen LogP contribution is -2.47. The number of fused-ring (bicyclic) bond motifs is 2. The number of aliphatic hydroxyl groups excluding tert-OH is 1. The maximum absolute atomic E-state index is 12.3. The standard InChI is InChI=1S/C26H31N5O3/c1-34-19-7-8-22-21(17-19)20(9-10-27-22)25(32)18-30-15-13-29(14-16-30)11-4-12-31-24-6-3-2-5-23(24)28-26(31)33/h2-3,5-10,17,25,32H,4,11-16,18H2,1H3,(H,28,33)/t25-/m1/s1. The Morgan fingerprint density at radius 1 is 1.06 bits per heavy atom. The molecule has 0 saturated carbocycles. The molecule has 178 valence electrons. The Kier molecular flexibility index (Phi) is 6.62. The Balaban J connectivity index is 1.13. The lowest BCUT2D eigenvalue weighted by Gasteiger charge is -2.35. The minimum absolute atomic E-state index is 0.0405. The summed E-state index contributed by atoms with van der Waals surface area (Å²) in [7, 11) is 1.64. The van der Waals surface area contributed by atoms with Gasteiger partial charge in [0.25, 0.3) is 0 Å². The minimum atomic E-state index is -0.585. The monoisotopic (exact) mass is 461 g/mol. The number of imidazole rings is 1. The number of aliphatic hydroxyl groups is 1. The number of β-amino-alcohol motifs (C(OH)–C–C–N with tert-alkyl or cyclic N) is 1. The lowest BCUT2D eigenvalue weighted by molar-refractivity contribution is 0.0724. The molecule has 0 spiro atoms. The number of piperazine rings is 1. The minimum Gasteiger partial charge on any atom is -0.497 e. The molecule has 34 heavy (non-hydrogen) atoms. The highest BCUT2D eigenvalue weighted by Gasteiger charge is 2.21. The van der Waals surface area contributed by atoms with Gasteiger partial charge in [-0.1, -0.05) is 12.1 Å². The van der Waals surface area contributed by atoms with Crippen molar-refractivity contribution in [1.82, 2.24) is 24.3 Å². The molecule has 3 heterocycles. The Labute approximate surface area is 198 Å². The van der Waals surface area contributed by atoms with E-state index in [-0.39, 0.29) is 5.69 Å². The summed E-state index contributed by atoms with van der Waals surface area (Å²) in [5.74, 6) is 0.762. The highest BCUT2D eigenvalue weighted by atomic mass is 16.5. The van der Waals surface area contributed by atoms with Crippen molar-refractivity contribution in [3.8, 4) is 5.75 Å². The molecule has 8 heteroatoms. The fourth-order valence-electron chi connectivity index (χ4n) is 4.88. The van der Waals surface area contributed by atoms with E-state index in [4.69, 9.17) is 4.74 Å². The van der Waals surface area contributed by atoms with Crippen molar-refractivity contribution in [1.29, 1.82) is 0 Å². The van der Waals surface area contributed by atoms with Crippen molar-refractivity contribution in [2.75, 3.05) is 46.4 Å². The van der Waals surface area contributed by atoms with Gasteiger partial charge in [-0.2, -0.15) is 0 Å². The predicted octanol–water partition coefficient (Wildman–Crippen LogP) is 2.63. The molecule has 0 aliphatic carbocycles. The van der Waals surface area contributed by atoms with Gasteiger partial charge >= 0.3 is 5.69 Å². The number of nitrogens with zero attached hydrogens (tertiary/aromatic N) is 4. The van der Waals surface area contributed by atoms with Crippen LogP contribution in [0.5, 0.6) is 5.75 Å². The molecule has 5 rings (SSSR count). The zero-order valence-corrected chi connectivity index (χ0v) is 19.5. The number of aromatic amines is 1. The smallest absolute Gasteiger partial charge is 0.326 e. The summed E-state index contributed by atoms with van der Waals surface area (Å²) in [6.07, 6.45) is 2.09. The Bertz CT molecular complexity index is 1320. The molecular weight excluding hydrogens is 430 g/mol. The Morgan fingerprint density at radius 3 is 2.68 bits per heavy atom. The van der Waals surface area contributed by atoms with E-state index in [0.717, 1.165) is 72.4 Å². The molecule has 1 saturated heterocycles. The van der Waals surface area contributed by atoms with E-state index in [1.807, 2.05) is 53.1 Å². The molecule has 0 unspecified atom stereocenters. The van der Waals surface area contributed by atoms with Gasteiger partial charge in [-0.05, 0) is 54.9 Å². The van der Waals surface area contributed by atoms with Crippen molar-refractivity contribution in [3.05, 3.63) is 70.8 Å². The average Bonchev–Trinajstić information content (AvgIpc) is 3.19. The zero-order chi connectivity index (χ0) is 23.5. The molecule has 2 aromatic heterocycles. The van der Waals surface area contributed by atoms with E-state index in [1.54, 1.807) is 13.3 Å². The molecule has 8 nitrogen and oxygen atoms in total. The number of para-hydroxylation sites is 2. The summed E-state index contributed by atoms with van der Waals surface area (Å²) in [6.45, 7) is 6.00. The number of pyridine rings is 1. The Morgan fingerprint density at radius 2 is 1.85 bits per heavy atom. The predicted molar refractivity (Wildman–Crippen MR) is 133 cm³/mol. The molecule has 0 amide bonds. The van der Waals surface area contributed by atoms with Crippen LogP contribution in [0.15, 0.2) is 59.5 Å². The quantitative estimate of drug-likeness (QED) is 0.420. The number of methoxy groups -OCH3 is 1. The highest BCUT2D eigenvalue weighted by Crippen LogP contribution is 2.27. The van der Waals surface area contributed by atoms with Gasteiger partial charge in [-0.25, -0.2) is 4.79 Å². The van der Waals surface area contributed by atoms with Crippen LogP contribution >= 0.6 is 0 Å². The summed E-state index contributed by atoms with van der Waals surface area (Å²) < 4.78 is 7.19. The molecule has 0 radical (unpaired) electrons. The highest BCUT2D eigenvalue weighted by molar-refractivity contribution is 5.83. The third-order valence-electron chi connectivity index (χ3n) is 6.78. The second-order valence-corrected chi connectivity index (χ2v) is 8.89. The summed E-state index contributed by atoms with van der Waals surface area (Å²) in [4.78, 5) is 24.3. The molecule has 1 fully saturated rings. The van der Waals surface area contributed by atoms with Gasteiger partial charge in [0.1, 0.15) is 5.75 Å². The van der Waals surface area contributed by atoms with Gasteiger partial charge in [0.2, 0.25) is 0 Å². The van der Waals surface area contributed by atoms with Gasteiger partial charge in [0.15, 0.2) is 0 Å². The van der Waals surface area contributed by atoms with Gasteiger partial charge in [-0.3, -0.25) is 14.5 Å². The number of aryl methyl sites for hydroxylation is 1. The van der Waals surface area contributed by atoms with E-state index in [2.05, 4.69) is 19.8 Å². The topological polar surface area (TPSA) is 86.6 Å². The molecular formula is C26H31N5O3. The third kappa shape index (κ3) is 4.70. The van der Waals surface area contributed by atoms with E-state index in [0.29, 0.717) is 13.1 Å². The summed E-state index contributed by atoms with van der Waals surface area (Å²) in [6, 6.07) is 15.5. The van der Waals surface area contributed by atoms with Crippen LogP contribution < -0.4 is 10.4 Å². The first-order valence-electron chi connectivity index (χ1n) is 11.9. The number of hydrogen-bond donors (Lipinski definition) is 2. The van der Waals surface area contributed by atoms with Crippen LogP contribution in [0, 0.1) is 0 Å². The van der Waals surface area contributed by atoms with Crippen molar-refractivity contribution >= 4 is 21.9 Å². The maximum atomic E-state index is 12.3. The molecule has 1 aliphatic heterocycles. The zero-order valence-electron chi connectivity index (χ0n) is 19.5. The lowest BCUT2D eigenvalue weighted by atomic mass is 10.0. The average molecular weight is 462 g/mol. The van der Waals surface area contributed by atoms with Gasteiger partial charge < -0.3 is 19.7 Å². The molecule has 0 bridgehead atoms. The van der Waals surface area contributed by atoms with Crippen LogP contribution in [0.4, 0.5) is 0 Å². The molecule has 2 N–H and O–H groups in total. The first kappa shape index (κ1) is 22.6. The van der Waals surface area contributed by atoms with Crippen molar-refractivity contribution in [2.24, 2.45) is 0 Å². The number of rotatable bonds is 8. The van der Waals surface area contributed by atoms with Gasteiger partial charge in [0.05, 0.1) is 29.8 Å². The van der Waals surface area contributed by atoms with Crippen LogP contribution in [-0.4, -0.2) is 75.8 Å². The second-order valence-electron chi connectivity index (χ2n) is 8.89. The van der Waals surface area contributed by atoms with E-state index in [9.17, 15) is 9.90 Å². The van der Waals surface area contributed by atoms with Crippen LogP contribution in [0.25, 0.3) is 21.9 Å². The second kappa shape index (κ2) is 9.97. The maximum Gasteiger partial charge on any atom is 0.326 e. The summed E-state index contributed by atoms with van der Waals surface area (Å²) >= 11 is 0. The van der Waals surface area contributed by atoms with E-state index < -0.39 is 6.10 Å². The number of benzene rings is 2. The third-order valence-corrected chi connectivity index (χ3v) is 6.78. The van der Waals surface area contributed by atoms with E-state index in [1.165, 1.54) is 0 Å². The number of aromatic nitrogens is 3. The molecule has 1 aliphatic rings. The Hall–Kier alpha value is -3.20. The van der Waals surface area contributed by atoms with Crippen molar-refractivity contribution in [3.63, 3.8) is 0 Å². The summed E-state index contributed by atoms with van der Waals surface area (Å²) in [5, 5.41) is 11.9. The van der Waals surface area contributed by atoms with E-state index >= 15 is 0 Å². The van der Waals surface area contributed by atoms with Gasteiger partial charge in [0, 0.05) is 50.9 Å². The van der Waals surface area contributed by atoms with Crippen LogP contribution in [0.3, 0.4) is 0 Å².